The lowest BCUT2D eigenvalue weighted by Gasteiger charge is -2.36. The van der Waals surface area contributed by atoms with Crippen molar-refractivity contribution in [3.05, 3.63) is 96.6 Å². The first-order chi connectivity index (χ1) is 27.2. The van der Waals surface area contributed by atoms with Gasteiger partial charge in [0, 0.05) is 44.4 Å². The van der Waals surface area contributed by atoms with E-state index in [1.54, 1.807) is 19.5 Å². The number of hydrogen-bond acceptors (Lipinski definition) is 10. The van der Waals surface area contributed by atoms with Gasteiger partial charge < -0.3 is 32.7 Å². The van der Waals surface area contributed by atoms with Gasteiger partial charge in [0.05, 0.1) is 43.6 Å². The van der Waals surface area contributed by atoms with E-state index in [9.17, 15) is 0 Å². The molecule has 0 unspecified atom stereocenters. The molecule has 4 heterocycles. The van der Waals surface area contributed by atoms with Crippen molar-refractivity contribution in [1.82, 2.24) is 24.5 Å². The second kappa shape index (κ2) is 18.2. The van der Waals surface area contributed by atoms with Gasteiger partial charge in [0.1, 0.15) is 31.4 Å². The van der Waals surface area contributed by atoms with Crippen LogP contribution in [-0.4, -0.2) is 74.4 Å². The molecule has 302 valence electrons. The Morgan fingerprint density at radius 3 is 2.30 bits per heavy atom. The number of hydrogen-bond donors (Lipinski definition) is 0. The van der Waals surface area contributed by atoms with Crippen molar-refractivity contribution in [2.75, 3.05) is 33.5 Å². The maximum atomic E-state index is 6.50. The molecule has 6 rings (SSSR count). The first-order valence-electron chi connectivity index (χ1n) is 19.6. The van der Waals surface area contributed by atoms with E-state index in [-0.39, 0.29) is 11.0 Å². The zero-order chi connectivity index (χ0) is 40.6. The highest BCUT2D eigenvalue weighted by atomic mass is 28.4. The predicted octanol–water partition coefficient (Wildman–Crippen LogP) is 9.96. The molecule has 57 heavy (non-hydrogen) atoms. The molecule has 0 N–H and O–H groups in total. The van der Waals surface area contributed by atoms with E-state index in [1.165, 1.54) is 0 Å². The Bertz CT molecular complexity index is 2250. The van der Waals surface area contributed by atoms with Gasteiger partial charge in [0.2, 0.25) is 5.88 Å². The fraction of sp³-hybridized carbons (Fsp3) is 0.409. The van der Waals surface area contributed by atoms with Gasteiger partial charge in [-0.25, -0.2) is 0 Å². The summed E-state index contributed by atoms with van der Waals surface area (Å²) in [4.78, 5) is 18.7. The van der Waals surface area contributed by atoms with Gasteiger partial charge in [-0.3, -0.25) is 9.97 Å². The summed E-state index contributed by atoms with van der Waals surface area (Å²) in [5.74, 6) is 1.82. The Hall–Kier alpha value is -4.83. The zero-order valence-electron chi connectivity index (χ0n) is 34.9. The number of ether oxygens (including phenoxy) is 5. The van der Waals surface area contributed by atoms with E-state index >= 15 is 0 Å². The molecule has 0 aliphatic heterocycles. The lowest BCUT2D eigenvalue weighted by molar-refractivity contribution is 0.0898. The summed E-state index contributed by atoms with van der Waals surface area (Å²) in [6.45, 7) is 21.0. The number of fused-ring (bicyclic) bond motifs is 2. The lowest BCUT2D eigenvalue weighted by Crippen LogP contribution is -2.41. The number of nitrogens with zero attached hydrogens (tertiary/aromatic N) is 5. The topological polar surface area (TPSA) is 112 Å². The molecule has 0 fully saturated rings. The van der Waals surface area contributed by atoms with Crippen LogP contribution in [0, 0.1) is 0 Å². The molecular formula is C44H57N5O6Si2. The Kier molecular flexibility index (Phi) is 13.3. The fourth-order valence-corrected chi connectivity index (χ4v) is 7.69. The van der Waals surface area contributed by atoms with E-state index < -0.39 is 16.4 Å². The van der Waals surface area contributed by atoms with Gasteiger partial charge in [-0.05, 0) is 65.1 Å². The largest absolute Gasteiger partial charge is 0.490 e. The fourth-order valence-electron chi connectivity index (χ4n) is 5.91. The molecular weight excluding hydrogens is 751 g/mol. The van der Waals surface area contributed by atoms with Gasteiger partial charge in [-0.15, -0.1) is 0 Å². The molecule has 0 saturated carbocycles. The highest BCUT2D eigenvalue weighted by Crippen LogP contribution is 2.39. The summed E-state index contributed by atoms with van der Waals surface area (Å²) < 4.78 is 38.8. The predicted molar refractivity (Wildman–Crippen MR) is 232 cm³/mol. The van der Waals surface area contributed by atoms with Crippen molar-refractivity contribution >= 4 is 38.3 Å². The van der Waals surface area contributed by atoms with Gasteiger partial charge in [-0.2, -0.15) is 9.97 Å². The molecule has 4 aromatic heterocycles. The number of rotatable bonds is 19. The number of benzene rings is 2. The summed E-state index contributed by atoms with van der Waals surface area (Å²) in [5, 5.41) is 1.86. The lowest BCUT2D eigenvalue weighted by atomic mass is 10.0. The Morgan fingerprint density at radius 1 is 0.754 bits per heavy atom. The molecule has 6 aromatic rings. The SMILES string of the molecule is COc1nc(OCCc2cncc(OCCO[Si](C)(C)C(C)(C)C)c2)c2c(-c3ccc4ncc(OCc5ccccc5)cc4c3)cn(COCC[Si](C)(C)C)c2n1. The Morgan fingerprint density at radius 2 is 1.54 bits per heavy atom. The molecule has 0 aliphatic carbocycles. The highest BCUT2D eigenvalue weighted by molar-refractivity contribution is 6.76. The zero-order valence-corrected chi connectivity index (χ0v) is 36.9. The van der Waals surface area contributed by atoms with Crippen LogP contribution in [0.1, 0.15) is 31.9 Å². The van der Waals surface area contributed by atoms with Crippen molar-refractivity contribution in [1.29, 1.82) is 0 Å². The minimum atomic E-state index is -1.85. The number of methoxy groups -OCH3 is 1. The van der Waals surface area contributed by atoms with Crippen molar-refractivity contribution in [3.8, 4) is 34.5 Å². The molecule has 13 heteroatoms. The molecule has 2 aromatic carbocycles. The van der Waals surface area contributed by atoms with E-state index in [4.69, 9.17) is 38.1 Å². The molecule has 0 amide bonds. The van der Waals surface area contributed by atoms with Crippen LogP contribution in [0.3, 0.4) is 0 Å². The second-order valence-electron chi connectivity index (χ2n) is 17.0. The van der Waals surface area contributed by atoms with Gasteiger partial charge in [0.15, 0.2) is 14.0 Å². The number of aromatic nitrogens is 5. The smallest absolute Gasteiger partial charge is 0.321 e. The molecule has 0 atom stereocenters. The first kappa shape index (κ1) is 41.8. The first-order valence-corrected chi connectivity index (χ1v) is 26.2. The van der Waals surface area contributed by atoms with E-state index in [1.807, 2.05) is 59.3 Å². The minimum Gasteiger partial charge on any atom is -0.490 e. The van der Waals surface area contributed by atoms with Crippen LogP contribution >= 0.6 is 0 Å². The van der Waals surface area contributed by atoms with Crippen LogP contribution < -0.4 is 18.9 Å². The molecule has 11 nitrogen and oxygen atoms in total. The van der Waals surface area contributed by atoms with Gasteiger partial charge in [-0.1, -0.05) is 76.8 Å². The van der Waals surface area contributed by atoms with Crippen molar-refractivity contribution in [2.45, 2.75) is 84.3 Å². The molecule has 0 aliphatic rings. The average molecular weight is 808 g/mol. The van der Waals surface area contributed by atoms with E-state index in [0.717, 1.165) is 44.6 Å². The van der Waals surface area contributed by atoms with Crippen LogP contribution in [0.25, 0.3) is 33.1 Å². The van der Waals surface area contributed by atoms with Crippen molar-refractivity contribution in [2.24, 2.45) is 0 Å². The second-order valence-corrected chi connectivity index (χ2v) is 27.4. The number of pyridine rings is 2. The Labute approximate surface area is 338 Å². The summed E-state index contributed by atoms with van der Waals surface area (Å²) in [6.07, 6.45) is 7.97. The van der Waals surface area contributed by atoms with E-state index in [2.05, 4.69) is 81.8 Å². The van der Waals surface area contributed by atoms with Crippen LogP contribution in [0.15, 0.2) is 85.5 Å². The maximum absolute atomic E-state index is 6.50. The summed E-state index contributed by atoms with van der Waals surface area (Å²) in [6, 6.07) is 21.6. The summed E-state index contributed by atoms with van der Waals surface area (Å²) in [7, 11) is -1.56. The highest BCUT2D eigenvalue weighted by Gasteiger charge is 2.37. The van der Waals surface area contributed by atoms with Crippen molar-refractivity contribution in [3.63, 3.8) is 0 Å². The molecule has 0 spiro atoms. The molecule has 0 radical (unpaired) electrons. The summed E-state index contributed by atoms with van der Waals surface area (Å²) >= 11 is 0. The normalized spacial score (nSPS) is 12.3. The van der Waals surface area contributed by atoms with Crippen LogP contribution in [0.2, 0.25) is 43.8 Å². The van der Waals surface area contributed by atoms with Crippen LogP contribution in [-0.2, 0) is 28.9 Å². The van der Waals surface area contributed by atoms with Gasteiger partial charge >= 0.3 is 6.01 Å². The summed E-state index contributed by atoms with van der Waals surface area (Å²) in [5.41, 5.74) is 5.47. The maximum Gasteiger partial charge on any atom is 0.321 e. The minimum absolute atomic E-state index is 0.146. The molecule has 0 saturated heterocycles. The van der Waals surface area contributed by atoms with Crippen molar-refractivity contribution < 1.29 is 28.1 Å². The average Bonchev–Trinajstić information content (AvgIpc) is 3.55. The van der Waals surface area contributed by atoms with Gasteiger partial charge in [0.25, 0.3) is 0 Å². The van der Waals surface area contributed by atoms with Crippen LogP contribution in [0.5, 0.6) is 23.4 Å². The third-order valence-electron chi connectivity index (χ3n) is 10.3. The Balaban J connectivity index is 1.24. The quantitative estimate of drug-likeness (QED) is 0.0579. The standard InChI is InChI=1S/C44H57N5O6Si2/c1-44(2,3)57(8,9)55-20-19-52-36-23-33(26-45-27-36)17-18-53-42-40-38(29-49(31-51-21-22-56(5,6)7)41(40)47-43(48-42)50-4)34-15-16-39-35(24-34)25-37(28-46-39)54-30-32-13-11-10-12-14-32/h10-16,23-29H,17-22,30-31H2,1-9H3. The third-order valence-corrected chi connectivity index (χ3v) is 16.6. The molecule has 0 bridgehead atoms. The van der Waals surface area contributed by atoms with E-state index in [0.29, 0.717) is 69.2 Å². The monoisotopic (exact) mass is 807 g/mol. The van der Waals surface area contributed by atoms with Crippen LogP contribution in [0.4, 0.5) is 0 Å². The third kappa shape index (κ3) is 11.2.